The number of fused-ring (bicyclic) bond motifs is 1. The number of hydrogen-bond donors (Lipinski definition) is 2. The molecule has 0 radical (unpaired) electrons. The minimum atomic E-state index is 0.199. The third-order valence-electron chi connectivity index (χ3n) is 3.21. The lowest BCUT2D eigenvalue weighted by Gasteiger charge is -2.19. The summed E-state index contributed by atoms with van der Waals surface area (Å²) >= 11 is 0. The van der Waals surface area contributed by atoms with Gasteiger partial charge in [0.1, 0.15) is 0 Å². The van der Waals surface area contributed by atoms with E-state index in [9.17, 15) is 0 Å². The number of pyridine rings is 1. The van der Waals surface area contributed by atoms with E-state index in [0.29, 0.717) is 6.54 Å². The molecule has 3 N–H and O–H groups in total. The lowest BCUT2D eigenvalue weighted by Crippen LogP contribution is -2.33. The molecule has 1 atom stereocenters. The highest BCUT2D eigenvalue weighted by molar-refractivity contribution is 5.79. The molecule has 1 unspecified atom stereocenters. The predicted octanol–water partition coefficient (Wildman–Crippen LogP) is 1.39. The summed E-state index contributed by atoms with van der Waals surface area (Å²) in [6.45, 7) is 2.53. The van der Waals surface area contributed by atoms with Crippen molar-refractivity contribution in [2.24, 2.45) is 5.73 Å². The fourth-order valence-corrected chi connectivity index (χ4v) is 2.11. The quantitative estimate of drug-likeness (QED) is 0.822. The normalized spacial score (nSPS) is 13.1. The monoisotopic (exact) mass is 258 g/mol. The second-order valence-corrected chi connectivity index (χ2v) is 5.00. The van der Waals surface area contributed by atoms with Gasteiger partial charge in [-0.15, -0.1) is 0 Å². The number of nitrogens with one attached hydrogen (secondary N) is 1. The molecule has 0 spiro atoms. The van der Waals surface area contributed by atoms with Crippen molar-refractivity contribution in [3.63, 3.8) is 0 Å². The molecule has 0 aliphatic rings. The molecule has 0 saturated heterocycles. The fourth-order valence-electron chi connectivity index (χ4n) is 2.11. The van der Waals surface area contributed by atoms with E-state index in [2.05, 4.69) is 53.6 Å². The summed E-state index contributed by atoms with van der Waals surface area (Å²) < 4.78 is 0. The summed E-state index contributed by atoms with van der Waals surface area (Å²) in [6, 6.07) is 10.6. The first kappa shape index (κ1) is 13.9. The molecule has 19 heavy (non-hydrogen) atoms. The number of benzene rings is 1. The number of hydrogen-bond acceptors (Lipinski definition) is 4. The number of nitrogens with two attached hydrogens (primary N) is 1. The number of aromatic nitrogens is 1. The Morgan fingerprint density at radius 2 is 2.16 bits per heavy atom. The Morgan fingerprint density at radius 1 is 1.32 bits per heavy atom. The second kappa shape index (κ2) is 6.61. The van der Waals surface area contributed by atoms with Crippen LogP contribution in [0.15, 0.2) is 36.5 Å². The van der Waals surface area contributed by atoms with E-state index >= 15 is 0 Å². The topological polar surface area (TPSA) is 54.2 Å². The zero-order valence-electron chi connectivity index (χ0n) is 11.6. The third kappa shape index (κ3) is 3.73. The lowest BCUT2D eigenvalue weighted by atomic mass is 10.0. The summed E-state index contributed by atoms with van der Waals surface area (Å²) in [4.78, 5) is 6.49. The van der Waals surface area contributed by atoms with E-state index in [1.165, 1.54) is 5.56 Å². The molecule has 0 aliphatic heterocycles. The van der Waals surface area contributed by atoms with Crippen molar-refractivity contribution in [3.8, 4) is 0 Å². The van der Waals surface area contributed by atoms with Gasteiger partial charge in [0, 0.05) is 37.3 Å². The summed E-state index contributed by atoms with van der Waals surface area (Å²) in [5.41, 5.74) is 8.12. The molecule has 0 saturated carbocycles. The Morgan fingerprint density at radius 3 is 2.89 bits per heavy atom. The van der Waals surface area contributed by atoms with Crippen molar-refractivity contribution < 1.29 is 0 Å². The van der Waals surface area contributed by atoms with Crippen LogP contribution in [0.3, 0.4) is 0 Å². The molecule has 0 aliphatic carbocycles. The van der Waals surface area contributed by atoms with Crippen LogP contribution in [0.2, 0.25) is 0 Å². The molecule has 2 aromatic rings. The SMILES string of the molecule is CN(C)CCNC(CN)c1ccc2ncccc2c1. The Hall–Kier alpha value is -1.49. The van der Waals surface area contributed by atoms with Crippen LogP contribution in [-0.2, 0) is 0 Å². The first-order valence-corrected chi connectivity index (χ1v) is 6.63. The highest BCUT2D eigenvalue weighted by Crippen LogP contribution is 2.18. The number of nitrogens with zero attached hydrogens (tertiary/aromatic N) is 2. The maximum absolute atomic E-state index is 5.87. The number of rotatable bonds is 6. The Kier molecular flexibility index (Phi) is 4.85. The molecule has 102 valence electrons. The number of likely N-dealkylation sites (N-methyl/N-ethyl adjacent to an activating group) is 1. The molecule has 4 nitrogen and oxygen atoms in total. The van der Waals surface area contributed by atoms with Crippen LogP contribution < -0.4 is 11.1 Å². The average Bonchev–Trinajstić information content (AvgIpc) is 2.43. The van der Waals surface area contributed by atoms with Crippen LogP contribution in [0.4, 0.5) is 0 Å². The summed E-state index contributed by atoms with van der Waals surface area (Å²) in [5, 5.41) is 4.65. The minimum Gasteiger partial charge on any atom is -0.329 e. The van der Waals surface area contributed by atoms with Gasteiger partial charge in [-0.1, -0.05) is 12.1 Å². The molecule has 1 heterocycles. The van der Waals surface area contributed by atoms with Gasteiger partial charge >= 0.3 is 0 Å². The van der Waals surface area contributed by atoms with E-state index in [0.717, 1.165) is 24.0 Å². The molecule has 0 bridgehead atoms. The van der Waals surface area contributed by atoms with Gasteiger partial charge in [0.05, 0.1) is 5.52 Å². The van der Waals surface area contributed by atoms with Crippen molar-refractivity contribution in [1.82, 2.24) is 15.2 Å². The predicted molar refractivity (Wildman–Crippen MR) is 80.1 cm³/mol. The smallest absolute Gasteiger partial charge is 0.0702 e. The molecule has 0 amide bonds. The summed E-state index contributed by atoms with van der Waals surface area (Å²) in [7, 11) is 4.14. The molecular weight excluding hydrogens is 236 g/mol. The minimum absolute atomic E-state index is 0.199. The van der Waals surface area contributed by atoms with Crippen molar-refractivity contribution in [2.45, 2.75) is 6.04 Å². The third-order valence-corrected chi connectivity index (χ3v) is 3.21. The summed E-state index contributed by atoms with van der Waals surface area (Å²) in [6.07, 6.45) is 1.82. The van der Waals surface area contributed by atoms with E-state index in [-0.39, 0.29) is 6.04 Å². The highest BCUT2D eigenvalue weighted by atomic mass is 15.1. The van der Waals surface area contributed by atoms with Gasteiger partial charge in [-0.25, -0.2) is 0 Å². The molecule has 0 fully saturated rings. The average molecular weight is 258 g/mol. The second-order valence-electron chi connectivity index (χ2n) is 5.00. The van der Waals surface area contributed by atoms with Gasteiger partial charge < -0.3 is 16.0 Å². The van der Waals surface area contributed by atoms with Gasteiger partial charge in [-0.05, 0) is 37.9 Å². The van der Waals surface area contributed by atoms with Gasteiger partial charge in [-0.2, -0.15) is 0 Å². The lowest BCUT2D eigenvalue weighted by molar-refractivity contribution is 0.386. The zero-order chi connectivity index (χ0) is 13.7. The van der Waals surface area contributed by atoms with Gasteiger partial charge in [0.15, 0.2) is 0 Å². The molecular formula is C15H22N4. The zero-order valence-corrected chi connectivity index (χ0v) is 11.6. The van der Waals surface area contributed by atoms with Crippen LogP contribution in [-0.4, -0.2) is 43.6 Å². The van der Waals surface area contributed by atoms with Gasteiger partial charge in [0.25, 0.3) is 0 Å². The Balaban J connectivity index is 2.11. The summed E-state index contributed by atoms with van der Waals surface area (Å²) in [5.74, 6) is 0. The van der Waals surface area contributed by atoms with E-state index in [1.807, 2.05) is 12.3 Å². The molecule has 1 aromatic carbocycles. The Bertz CT molecular complexity index is 524. The first-order valence-electron chi connectivity index (χ1n) is 6.63. The Labute approximate surface area is 114 Å². The van der Waals surface area contributed by atoms with E-state index < -0.39 is 0 Å². The van der Waals surface area contributed by atoms with Gasteiger partial charge in [0.2, 0.25) is 0 Å². The van der Waals surface area contributed by atoms with Crippen LogP contribution in [0.5, 0.6) is 0 Å². The van der Waals surface area contributed by atoms with Crippen molar-refractivity contribution in [3.05, 3.63) is 42.1 Å². The fraction of sp³-hybridized carbons (Fsp3) is 0.400. The van der Waals surface area contributed by atoms with Crippen LogP contribution in [0, 0.1) is 0 Å². The van der Waals surface area contributed by atoms with Crippen LogP contribution in [0.1, 0.15) is 11.6 Å². The molecule has 1 aromatic heterocycles. The maximum Gasteiger partial charge on any atom is 0.0702 e. The molecule has 4 heteroatoms. The van der Waals surface area contributed by atoms with E-state index in [1.54, 1.807) is 0 Å². The van der Waals surface area contributed by atoms with Crippen molar-refractivity contribution >= 4 is 10.9 Å². The maximum atomic E-state index is 5.87. The largest absolute Gasteiger partial charge is 0.329 e. The standard InChI is InChI=1S/C15H22N4/c1-19(2)9-8-18-15(11-16)13-5-6-14-12(10-13)4-3-7-17-14/h3-7,10,15,18H,8-9,11,16H2,1-2H3. The van der Waals surface area contributed by atoms with Gasteiger partial charge in [-0.3, -0.25) is 4.98 Å². The first-order chi connectivity index (χ1) is 9.20. The van der Waals surface area contributed by atoms with Crippen LogP contribution in [0.25, 0.3) is 10.9 Å². The van der Waals surface area contributed by atoms with Crippen molar-refractivity contribution in [1.29, 1.82) is 0 Å². The molecule has 2 rings (SSSR count). The van der Waals surface area contributed by atoms with Crippen LogP contribution >= 0.6 is 0 Å². The van der Waals surface area contributed by atoms with E-state index in [4.69, 9.17) is 5.73 Å². The highest BCUT2D eigenvalue weighted by Gasteiger charge is 2.09. The van der Waals surface area contributed by atoms with Crippen molar-refractivity contribution in [2.75, 3.05) is 33.7 Å².